The van der Waals surface area contributed by atoms with E-state index in [0.717, 1.165) is 57.6 Å². The van der Waals surface area contributed by atoms with Crippen molar-refractivity contribution in [2.24, 2.45) is 14.1 Å². The predicted octanol–water partition coefficient (Wildman–Crippen LogP) is 0.0577. The van der Waals surface area contributed by atoms with Crippen molar-refractivity contribution in [1.82, 2.24) is 9.13 Å². The molecule has 2 heterocycles. The molecule has 0 bridgehead atoms. The van der Waals surface area contributed by atoms with Gasteiger partial charge in [-0.1, -0.05) is 0 Å². The normalized spacial score (nSPS) is 19.6. The van der Waals surface area contributed by atoms with Crippen molar-refractivity contribution < 1.29 is 14.4 Å². The number of benzene rings is 1. The molecule has 29 heavy (non-hydrogen) atoms. The molecule has 8 nitrogen and oxygen atoms in total. The summed E-state index contributed by atoms with van der Waals surface area (Å²) in [5.41, 5.74) is 5.85. The standard InChI is InChI=1S/C21H28N4O4/c1-23-19(22)18(20(27)24(2)21(23)28)17(26)13-25-12-6-4-5-7-16(25)14-8-10-15(29-3)11-9-14/h8-11,16H,4-7,12-13,22H2,1-3H3/p+1/t16-/m0/s1. The quantitative estimate of drug-likeness (QED) is 0.690. The maximum Gasteiger partial charge on any atom is 0.332 e. The fourth-order valence-electron chi connectivity index (χ4n) is 4.12. The van der Waals surface area contributed by atoms with E-state index < -0.39 is 11.2 Å². The highest BCUT2D eigenvalue weighted by atomic mass is 16.5. The van der Waals surface area contributed by atoms with Crippen molar-refractivity contribution in [1.29, 1.82) is 0 Å². The molecule has 0 spiro atoms. The molecule has 2 aromatic rings. The zero-order valence-corrected chi connectivity index (χ0v) is 17.2. The SMILES string of the molecule is COc1ccc([C@@H]2CCCCC[NH+]2CC(=O)c2c(N)n(C)c(=O)n(C)c2=O)cc1. The maximum atomic E-state index is 13.1. The van der Waals surface area contributed by atoms with Crippen LogP contribution in [0.5, 0.6) is 5.75 Å². The number of carbonyl (C=O) groups excluding carboxylic acids is 1. The van der Waals surface area contributed by atoms with Crippen LogP contribution in [-0.4, -0.2) is 35.1 Å². The van der Waals surface area contributed by atoms with Crippen molar-refractivity contribution in [2.75, 3.05) is 25.9 Å². The molecule has 3 rings (SSSR count). The van der Waals surface area contributed by atoms with E-state index in [4.69, 9.17) is 10.5 Å². The van der Waals surface area contributed by atoms with Gasteiger partial charge < -0.3 is 15.4 Å². The Morgan fingerprint density at radius 2 is 1.83 bits per heavy atom. The number of anilines is 1. The highest BCUT2D eigenvalue weighted by Crippen LogP contribution is 2.22. The van der Waals surface area contributed by atoms with Gasteiger partial charge in [0.25, 0.3) is 5.56 Å². The molecule has 1 aliphatic heterocycles. The van der Waals surface area contributed by atoms with E-state index in [1.165, 1.54) is 14.1 Å². The zero-order valence-electron chi connectivity index (χ0n) is 17.2. The number of quaternary nitrogens is 1. The van der Waals surface area contributed by atoms with Gasteiger partial charge in [0.05, 0.1) is 13.7 Å². The molecule has 1 saturated heterocycles. The first kappa shape index (κ1) is 20.9. The molecular formula is C21H29N4O4+. The number of rotatable bonds is 5. The van der Waals surface area contributed by atoms with E-state index in [2.05, 4.69) is 0 Å². The van der Waals surface area contributed by atoms with Gasteiger partial charge in [0, 0.05) is 26.1 Å². The van der Waals surface area contributed by atoms with Crippen molar-refractivity contribution >= 4 is 11.6 Å². The lowest BCUT2D eigenvalue weighted by Gasteiger charge is -2.27. The van der Waals surface area contributed by atoms with Crippen LogP contribution >= 0.6 is 0 Å². The van der Waals surface area contributed by atoms with E-state index in [0.29, 0.717) is 0 Å². The Labute approximate surface area is 169 Å². The van der Waals surface area contributed by atoms with E-state index in [-0.39, 0.29) is 29.8 Å². The van der Waals surface area contributed by atoms with Crippen LogP contribution in [0.2, 0.25) is 0 Å². The van der Waals surface area contributed by atoms with Gasteiger partial charge in [0.2, 0.25) is 5.78 Å². The molecule has 3 N–H and O–H groups in total. The first-order valence-electron chi connectivity index (χ1n) is 9.92. The van der Waals surface area contributed by atoms with Gasteiger partial charge >= 0.3 is 5.69 Å². The van der Waals surface area contributed by atoms with Crippen LogP contribution < -0.4 is 26.6 Å². The number of ketones is 1. The minimum Gasteiger partial charge on any atom is -0.497 e. The zero-order chi connectivity index (χ0) is 21.1. The maximum absolute atomic E-state index is 13.1. The number of ether oxygens (including phenoxy) is 1. The number of nitrogens with one attached hydrogen (secondary N) is 1. The highest BCUT2D eigenvalue weighted by Gasteiger charge is 2.31. The Morgan fingerprint density at radius 1 is 1.14 bits per heavy atom. The van der Waals surface area contributed by atoms with Gasteiger partial charge in [-0.25, -0.2) is 4.79 Å². The molecule has 1 aliphatic rings. The van der Waals surface area contributed by atoms with E-state index in [1.807, 2.05) is 24.3 Å². The Hall–Kier alpha value is -2.87. The molecule has 156 valence electrons. The number of carbonyl (C=O) groups is 1. The lowest BCUT2D eigenvalue weighted by Crippen LogP contribution is -3.13. The predicted molar refractivity (Wildman–Crippen MR) is 111 cm³/mol. The number of methoxy groups -OCH3 is 1. The molecule has 2 atom stereocenters. The van der Waals surface area contributed by atoms with E-state index in [1.54, 1.807) is 7.11 Å². The van der Waals surface area contributed by atoms with Gasteiger partial charge in [-0.3, -0.25) is 18.7 Å². The van der Waals surface area contributed by atoms with Crippen LogP contribution in [-0.2, 0) is 14.1 Å². The summed E-state index contributed by atoms with van der Waals surface area (Å²) < 4.78 is 7.33. The van der Waals surface area contributed by atoms with Gasteiger partial charge in [0.15, 0.2) is 0 Å². The summed E-state index contributed by atoms with van der Waals surface area (Å²) in [4.78, 5) is 38.8. The second-order valence-electron chi connectivity index (χ2n) is 7.65. The number of nitrogens with two attached hydrogens (primary N) is 1. The van der Waals surface area contributed by atoms with Crippen molar-refractivity contribution in [3.05, 3.63) is 56.2 Å². The lowest BCUT2D eigenvalue weighted by molar-refractivity contribution is -0.923. The van der Waals surface area contributed by atoms with E-state index >= 15 is 0 Å². The number of Topliss-reactive ketones (excluding diaryl/α,β-unsaturated/α-hetero) is 1. The summed E-state index contributed by atoms with van der Waals surface area (Å²) >= 11 is 0. The van der Waals surface area contributed by atoms with Crippen molar-refractivity contribution in [3.8, 4) is 5.75 Å². The van der Waals surface area contributed by atoms with Crippen molar-refractivity contribution in [3.63, 3.8) is 0 Å². The number of hydrogen-bond donors (Lipinski definition) is 2. The number of nitrogens with zero attached hydrogens (tertiary/aromatic N) is 2. The van der Waals surface area contributed by atoms with Gasteiger partial charge in [-0.05, 0) is 43.5 Å². The number of aromatic nitrogens is 2. The smallest absolute Gasteiger partial charge is 0.332 e. The molecule has 0 aliphatic carbocycles. The highest BCUT2D eigenvalue weighted by molar-refractivity contribution is 6.00. The topological polar surface area (TPSA) is 101 Å². The summed E-state index contributed by atoms with van der Waals surface area (Å²) in [7, 11) is 4.46. The fourth-order valence-corrected chi connectivity index (χ4v) is 4.12. The lowest BCUT2D eigenvalue weighted by atomic mass is 10.00. The first-order chi connectivity index (χ1) is 13.8. The molecule has 0 saturated carbocycles. The molecule has 0 amide bonds. The number of hydrogen-bond acceptors (Lipinski definition) is 5. The summed E-state index contributed by atoms with van der Waals surface area (Å²) in [6.45, 7) is 1.00. The third kappa shape index (κ3) is 4.12. The summed E-state index contributed by atoms with van der Waals surface area (Å²) in [5.74, 6) is 0.397. The third-order valence-electron chi connectivity index (χ3n) is 5.88. The second-order valence-corrected chi connectivity index (χ2v) is 7.65. The van der Waals surface area contributed by atoms with Gasteiger partial charge in [0.1, 0.15) is 29.7 Å². The summed E-state index contributed by atoms with van der Waals surface area (Å²) in [6, 6.07) is 8.10. The first-order valence-corrected chi connectivity index (χ1v) is 9.92. The monoisotopic (exact) mass is 401 g/mol. The van der Waals surface area contributed by atoms with Crippen LogP contribution in [0, 0.1) is 0 Å². The van der Waals surface area contributed by atoms with Crippen LogP contribution in [0.15, 0.2) is 33.9 Å². The Balaban J connectivity index is 1.93. The minimum absolute atomic E-state index is 0.0710. The van der Waals surface area contributed by atoms with Crippen molar-refractivity contribution in [2.45, 2.75) is 31.7 Å². The molecule has 8 heteroatoms. The number of likely N-dealkylation sites (tertiary alicyclic amines) is 1. The summed E-state index contributed by atoms with van der Waals surface area (Å²) in [6.07, 6.45) is 4.21. The largest absolute Gasteiger partial charge is 0.497 e. The van der Waals surface area contributed by atoms with Crippen LogP contribution in [0.3, 0.4) is 0 Å². The molecule has 1 aromatic heterocycles. The van der Waals surface area contributed by atoms with Gasteiger partial charge in [-0.15, -0.1) is 0 Å². The third-order valence-corrected chi connectivity index (χ3v) is 5.88. The van der Waals surface area contributed by atoms with Crippen LogP contribution in [0.25, 0.3) is 0 Å². The summed E-state index contributed by atoms with van der Waals surface area (Å²) in [5, 5.41) is 0. The van der Waals surface area contributed by atoms with Crippen LogP contribution in [0.4, 0.5) is 5.82 Å². The second kappa shape index (κ2) is 8.65. The molecule has 1 aromatic carbocycles. The molecule has 1 fully saturated rings. The molecule has 1 unspecified atom stereocenters. The molecular weight excluding hydrogens is 372 g/mol. The minimum atomic E-state index is -0.634. The molecule has 0 radical (unpaired) electrons. The Kier molecular flexibility index (Phi) is 6.22. The average Bonchev–Trinajstić information content (AvgIpc) is 2.96. The average molecular weight is 401 g/mol. The Morgan fingerprint density at radius 3 is 2.48 bits per heavy atom. The number of nitrogen functional groups attached to an aromatic ring is 1. The fraction of sp³-hybridized carbons (Fsp3) is 0.476. The van der Waals surface area contributed by atoms with Crippen LogP contribution in [0.1, 0.15) is 47.6 Å². The Bertz CT molecular complexity index is 1010. The van der Waals surface area contributed by atoms with Gasteiger partial charge in [-0.2, -0.15) is 0 Å². The van der Waals surface area contributed by atoms with E-state index in [9.17, 15) is 14.4 Å².